The van der Waals surface area contributed by atoms with Crippen LogP contribution < -0.4 is 14.8 Å². The second-order valence-corrected chi connectivity index (χ2v) is 8.24. The first kappa shape index (κ1) is 22.3. The van der Waals surface area contributed by atoms with E-state index >= 15 is 0 Å². The predicted molar refractivity (Wildman–Crippen MR) is 125 cm³/mol. The standard InChI is InChI=1S/C27H21NO7/c1-15(35-23(29)12-10-16-9-11-21-22(13-16)34-14-33-21)27(32)28-20-8-4-7-19-24(20)26(31)18-6-3-2-5-17(18)25(19)30/h2-9,11,13,15H,10,12,14H2,1H3,(H,28,32). The van der Waals surface area contributed by atoms with Crippen molar-refractivity contribution < 1.29 is 33.4 Å². The van der Waals surface area contributed by atoms with Gasteiger partial charge >= 0.3 is 5.97 Å². The van der Waals surface area contributed by atoms with E-state index in [0.29, 0.717) is 23.5 Å². The largest absolute Gasteiger partial charge is 0.454 e. The highest BCUT2D eigenvalue weighted by Crippen LogP contribution is 2.33. The first-order valence-electron chi connectivity index (χ1n) is 11.1. The smallest absolute Gasteiger partial charge is 0.306 e. The number of carbonyl (C=O) groups excluding carboxylic acids is 4. The normalized spacial score (nSPS) is 14.1. The van der Waals surface area contributed by atoms with Crippen LogP contribution in [0.25, 0.3) is 0 Å². The molecule has 35 heavy (non-hydrogen) atoms. The molecule has 0 saturated heterocycles. The van der Waals surface area contributed by atoms with Gasteiger partial charge in [-0.1, -0.05) is 42.5 Å². The molecular weight excluding hydrogens is 450 g/mol. The van der Waals surface area contributed by atoms with E-state index < -0.39 is 18.0 Å². The molecule has 1 amide bonds. The fraction of sp³-hybridized carbons (Fsp3) is 0.185. The van der Waals surface area contributed by atoms with Gasteiger partial charge in [0.25, 0.3) is 5.91 Å². The minimum atomic E-state index is -1.10. The lowest BCUT2D eigenvalue weighted by Crippen LogP contribution is -2.31. The molecule has 1 atom stereocenters. The summed E-state index contributed by atoms with van der Waals surface area (Å²) in [7, 11) is 0. The lowest BCUT2D eigenvalue weighted by Gasteiger charge is -2.21. The molecule has 0 fully saturated rings. The summed E-state index contributed by atoms with van der Waals surface area (Å²) in [4.78, 5) is 51.0. The van der Waals surface area contributed by atoms with Crippen LogP contribution in [0.5, 0.6) is 11.5 Å². The minimum absolute atomic E-state index is 0.0712. The summed E-state index contributed by atoms with van der Waals surface area (Å²) in [6, 6.07) is 16.7. The molecule has 1 aliphatic heterocycles. The monoisotopic (exact) mass is 471 g/mol. The molecule has 176 valence electrons. The molecule has 1 aliphatic carbocycles. The van der Waals surface area contributed by atoms with Gasteiger partial charge in [-0.25, -0.2) is 0 Å². The van der Waals surface area contributed by atoms with Crippen LogP contribution >= 0.6 is 0 Å². The van der Waals surface area contributed by atoms with Crippen molar-refractivity contribution in [3.05, 3.63) is 88.5 Å². The van der Waals surface area contributed by atoms with Gasteiger partial charge in [0.05, 0.1) is 11.3 Å². The third-order valence-electron chi connectivity index (χ3n) is 5.94. The lowest BCUT2D eigenvalue weighted by atomic mass is 9.83. The fourth-order valence-electron chi connectivity index (χ4n) is 4.14. The van der Waals surface area contributed by atoms with Crippen LogP contribution in [0.3, 0.4) is 0 Å². The van der Waals surface area contributed by atoms with E-state index in [1.165, 1.54) is 6.92 Å². The number of ketones is 2. The average Bonchev–Trinajstić information content (AvgIpc) is 3.34. The van der Waals surface area contributed by atoms with Crippen LogP contribution in [0, 0.1) is 0 Å². The van der Waals surface area contributed by atoms with Crippen LogP contribution in [0.2, 0.25) is 0 Å². The highest BCUT2D eigenvalue weighted by Gasteiger charge is 2.32. The number of carbonyl (C=O) groups is 4. The Morgan fingerprint density at radius 2 is 1.63 bits per heavy atom. The number of amides is 1. The zero-order valence-electron chi connectivity index (χ0n) is 18.8. The number of benzene rings is 3. The van der Waals surface area contributed by atoms with Crippen molar-refractivity contribution in [1.82, 2.24) is 0 Å². The van der Waals surface area contributed by atoms with Crippen LogP contribution in [0.1, 0.15) is 50.8 Å². The first-order valence-corrected chi connectivity index (χ1v) is 11.1. The molecule has 0 spiro atoms. The lowest BCUT2D eigenvalue weighted by molar-refractivity contribution is -0.153. The molecule has 1 unspecified atom stereocenters. The summed E-state index contributed by atoms with van der Waals surface area (Å²) in [6.45, 7) is 1.62. The van der Waals surface area contributed by atoms with Crippen molar-refractivity contribution in [1.29, 1.82) is 0 Å². The van der Waals surface area contributed by atoms with E-state index in [1.807, 2.05) is 6.07 Å². The van der Waals surface area contributed by atoms with Crippen molar-refractivity contribution in [3.8, 4) is 11.5 Å². The van der Waals surface area contributed by atoms with E-state index in [0.717, 1.165) is 5.56 Å². The van der Waals surface area contributed by atoms with E-state index in [2.05, 4.69) is 5.32 Å². The maximum Gasteiger partial charge on any atom is 0.306 e. The molecular formula is C27H21NO7. The number of hydrogen-bond acceptors (Lipinski definition) is 7. The second-order valence-electron chi connectivity index (χ2n) is 8.24. The van der Waals surface area contributed by atoms with Crippen molar-refractivity contribution in [2.24, 2.45) is 0 Å². The Kier molecular flexibility index (Phi) is 5.78. The third-order valence-corrected chi connectivity index (χ3v) is 5.94. The van der Waals surface area contributed by atoms with Crippen LogP contribution in [0.15, 0.2) is 60.7 Å². The molecule has 8 heteroatoms. The van der Waals surface area contributed by atoms with E-state index in [-0.39, 0.29) is 47.2 Å². The van der Waals surface area contributed by atoms with Crippen LogP contribution in [-0.4, -0.2) is 36.3 Å². The van der Waals surface area contributed by atoms with Gasteiger partial charge in [0.2, 0.25) is 6.79 Å². The summed E-state index contributed by atoms with van der Waals surface area (Å²) in [6.07, 6.45) is -0.620. The summed E-state index contributed by atoms with van der Waals surface area (Å²) in [5, 5.41) is 2.64. The molecule has 2 aliphatic rings. The number of ether oxygens (including phenoxy) is 3. The van der Waals surface area contributed by atoms with E-state index in [9.17, 15) is 19.2 Å². The summed E-state index contributed by atoms with van der Waals surface area (Å²) >= 11 is 0. The maximum atomic E-state index is 13.1. The molecule has 3 aromatic rings. The highest BCUT2D eigenvalue weighted by atomic mass is 16.7. The van der Waals surface area contributed by atoms with Gasteiger partial charge in [-0.2, -0.15) is 0 Å². The first-order chi connectivity index (χ1) is 16.9. The number of rotatable bonds is 6. The molecule has 0 saturated carbocycles. The Balaban J connectivity index is 1.23. The zero-order valence-corrected chi connectivity index (χ0v) is 18.8. The molecule has 0 aromatic heterocycles. The van der Waals surface area contributed by atoms with Crippen LogP contribution in [0.4, 0.5) is 5.69 Å². The molecule has 3 aromatic carbocycles. The van der Waals surface area contributed by atoms with Gasteiger partial charge in [0.1, 0.15) is 0 Å². The molecule has 8 nitrogen and oxygen atoms in total. The van der Waals surface area contributed by atoms with Gasteiger partial charge in [-0.05, 0) is 37.1 Å². The zero-order chi connectivity index (χ0) is 24.5. The third kappa shape index (κ3) is 4.26. The molecule has 0 radical (unpaired) electrons. The second kappa shape index (κ2) is 9.06. The fourth-order valence-corrected chi connectivity index (χ4v) is 4.14. The molecule has 0 bridgehead atoms. The predicted octanol–water partition coefficient (Wildman–Crippen LogP) is 3.69. The van der Waals surface area contributed by atoms with Gasteiger partial charge in [-0.15, -0.1) is 0 Å². The van der Waals surface area contributed by atoms with E-state index in [4.69, 9.17) is 14.2 Å². The Labute approximate surface area is 200 Å². The number of anilines is 1. The van der Waals surface area contributed by atoms with Crippen molar-refractivity contribution in [2.75, 3.05) is 12.1 Å². The summed E-state index contributed by atoms with van der Waals surface area (Å²) in [5.74, 6) is -0.484. The molecule has 1 heterocycles. The topological polar surface area (TPSA) is 108 Å². The maximum absolute atomic E-state index is 13.1. The number of fused-ring (bicyclic) bond motifs is 3. The summed E-state index contributed by atoms with van der Waals surface area (Å²) in [5.41, 5.74) is 2.05. The van der Waals surface area contributed by atoms with Gasteiger partial charge in [0, 0.05) is 23.1 Å². The van der Waals surface area contributed by atoms with Crippen molar-refractivity contribution >= 4 is 29.1 Å². The van der Waals surface area contributed by atoms with Crippen LogP contribution in [-0.2, 0) is 20.7 Å². The average molecular weight is 471 g/mol. The number of nitrogens with one attached hydrogen (secondary N) is 1. The number of hydrogen-bond donors (Lipinski definition) is 1. The Morgan fingerprint density at radius 1 is 0.914 bits per heavy atom. The number of aryl methyl sites for hydroxylation is 1. The van der Waals surface area contributed by atoms with Crippen molar-refractivity contribution in [3.63, 3.8) is 0 Å². The van der Waals surface area contributed by atoms with E-state index in [1.54, 1.807) is 54.6 Å². The Hall–Kier alpha value is -4.46. The minimum Gasteiger partial charge on any atom is -0.454 e. The summed E-state index contributed by atoms with van der Waals surface area (Å²) < 4.78 is 15.9. The Morgan fingerprint density at radius 3 is 2.43 bits per heavy atom. The SMILES string of the molecule is CC(OC(=O)CCc1ccc2c(c1)OCO2)C(=O)Nc1cccc2c1C(=O)c1ccccc1C2=O. The quantitative estimate of drug-likeness (QED) is 0.427. The molecule has 1 N–H and O–H groups in total. The Bertz CT molecular complexity index is 1380. The number of esters is 1. The molecule has 5 rings (SSSR count). The van der Waals surface area contributed by atoms with Crippen molar-refractivity contribution in [2.45, 2.75) is 25.9 Å². The van der Waals surface area contributed by atoms with Gasteiger partial charge in [-0.3, -0.25) is 19.2 Å². The highest BCUT2D eigenvalue weighted by molar-refractivity contribution is 6.30. The van der Waals surface area contributed by atoms with Gasteiger partial charge in [0.15, 0.2) is 29.2 Å². The van der Waals surface area contributed by atoms with Gasteiger partial charge < -0.3 is 19.5 Å².